The SMILES string of the molecule is CN=C(NC(=O)O)c1ccc(CNC(=O)c2cnn(Cc3ccccc3)c2)cc1. The Hall–Kier alpha value is -3.94. The summed E-state index contributed by atoms with van der Waals surface area (Å²) in [6.45, 7) is 0.940. The van der Waals surface area contributed by atoms with Gasteiger partial charge in [0, 0.05) is 25.4 Å². The third kappa shape index (κ3) is 5.52. The van der Waals surface area contributed by atoms with Crippen LogP contribution >= 0.6 is 0 Å². The van der Waals surface area contributed by atoms with E-state index in [0.717, 1.165) is 11.1 Å². The summed E-state index contributed by atoms with van der Waals surface area (Å²) in [6.07, 6.45) is 2.09. The molecule has 2 aromatic carbocycles. The van der Waals surface area contributed by atoms with Gasteiger partial charge in [-0.05, 0) is 11.1 Å². The molecule has 1 heterocycles. The maximum absolute atomic E-state index is 12.4. The number of hydrogen-bond donors (Lipinski definition) is 3. The molecule has 0 unspecified atom stereocenters. The van der Waals surface area contributed by atoms with E-state index in [9.17, 15) is 9.59 Å². The molecule has 8 nitrogen and oxygen atoms in total. The van der Waals surface area contributed by atoms with Gasteiger partial charge in [-0.2, -0.15) is 5.10 Å². The van der Waals surface area contributed by atoms with Crippen molar-refractivity contribution in [1.82, 2.24) is 20.4 Å². The molecule has 1 aromatic heterocycles. The second-order valence-electron chi connectivity index (χ2n) is 6.29. The summed E-state index contributed by atoms with van der Waals surface area (Å²) in [6, 6.07) is 17.0. The van der Waals surface area contributed by atoms with Gasteiger partial charge >= 0.3 is 6.09 Å². The number of carboxylic acid groups (broad SMARTS) is 1. The van der Waals surface area contributed by atoms with Gasteiger partial charge in [-0.1, -0.05) is 54.6 Å². The van der Waals surface area contributed by atoms with Crippen LogP contribution in [0, 0.1) is 0 Å². The fourth-order valence-electron chi connectivity index (χ4n) is 2.76. The van der Waals surface area contributed by atoms with Crippen LogP contribution in [0.2, 0.25) is 0 Å². The molecule has 0 saturated carbocycles. The molecule has 0 saturated heterocycles. The fraction of sp³-hybridized carbons (Fsp3) is 0.143. The second-order valence-corrected chi connectivity index (χ2v) is 6.29. The highest BCUT2D eigenvalue weighted by atomic mass is 16.4. The van der Waals surface area contributed by atoms with Gasteiger partial charge in [-0.25, -0.2) is 4.79 Å². The molecular formula is C21H21N5O3. The zero-order valence-electron chi connectivity index (χ0n) is 15.9. The molecule has 2 amide bonds. The van der Waals surface area contributed by atoms with Crippen molar-refractivity contribution in [3.63, 3.8) is 0 Å². The Morgan fingerprint density at radius 3 is 2.41 bits per heavy atom. The van der Waals surface area contributed by atoms with Crippen molar-refractivity contribution in [3.05, 3.63) is 89.2 Å². The molecule has 0 aliphatic heterocycles. The lowest BCUT2D eigenvalue weighted by molar-refractivity contribution is 0.0950. The number of aliphatic imine (C=N–C) groups is 1. The molecule has 29 heavy (non-hydrogen) atoms. The van der Waals surface area contributed by atoms with Crippen LogP contribution in [-0.2, 0) is 13.1 Å². The van der Waals surface area contributed by atoms with Crippen LogP contribution in [0.5, 0.6) is 0 Å². The van der Waals surface area contributed by atoms with Crippen LogP contribution in [0.4, 0.5) is 4.79 Å². The third-order valence-corrected chi connectivity index (χ3v) is 4.21. The highest BCUT2D eigenvalue weighted by Gasteiger charge is 2.10. The quantitative estimate of drug-likeness (QED) is 0.443. The van der Waals surface area contributed by atoms with Gasteiger partial charge in [0.2, 0.25) is 0 Å². The summed E-state index contributed by atoms with van der Waals surface area (Å²) >= 11 is 0. The minimum atomic E-state index is -1.17. The lowest BCUT2D eigenvalue weighted by Crippen LogP contribution is -2.29. The summed E-state index contributed by atoms with van der Waals surface area (Å²) in [5.41, 5.74) is 3.12. The Balaban J connectivity index is 1.56. The van der Waals surface area contributed by atoms with E-state index in [1.54, 1.807) is 29.2 Å². The molecule has 8 heteroatoms. The summed E-state index contributed by atoms with van der Waals surface area (Å²) in [7, 11) is 1.51. The van der Waals surface area contributed by atoms with E-state index in [2.05, 4.69) is 20.7 Å². The lowest BCUT2D eigenvalue weighted by atomic mass is 10.1. The molecule has 0 fully saturated rings. The van der Waals surface area contributed by atoms with Crippen LogP contribution < -0.4 is 10.6 Å². The standard InChI is InChI=1S/C21H21N5O3/c1-22-19(25-21(28)29)17-9-7-15(8-10-17)11-23-20(27)18-12-24-26(14-18)13-16-5-3-2-4-6-16/h2-10,12,14H,11,13H2,1H3,(H,22,25)(H,23,27)(H,28,29). The topological polar surface area (TPSA) is 109 Å². The van der Waals surface area contributed by atoms with Crippen LogP contribution in [0.25, 0.3) is 0 Å². The normalized spacial score (nSPS) is 11.1. The smallest absolute Gasteiger partial charge is 0.410 e. The maximum Gasteiger partial charge on any atom is 0.410 e. The predicted molar refractivity (Wildman–Crippen MR) is 109 cm³/mol. The van der Waals surface area contributed by atoms with Crippen molar-refractivity contribution in [2.24, 2.45) is 4.99 Å². The lowest BCUT2D eigenvalue weighted by Gasteiger charge is -2.07. The van der Waals surface area contributed by atoms with Crippen LogP contribution in [0.3, 0.4) is 0 Å². The summed E-state index contributed by atoms with van der Waals surface area (Å²) in [4.78, 5) is 27.1. The zero-order valence-corrected chi connectivity index (χ0v) is 15.9. The Morgan fingerprint density at radius 2 is 1.76 bits per heavy atom. The van der Waals surface area contributed by atoms with E-state index in [4.69, 9.17) is 5.11 Å². The summed E-state index contributed by atoms with van der Waals surface area (Å²) in [5.74, 6) is 0.0515. The van der Waals surface area contributed by atoms with Crippen LogP contribution in [-0.4, -0.2) is 39.8 Å². The first-order valence-electron chi connectivity index (χ1n) is 8.96. The average molecular weight is 391 g/mol. The first kappa shape index (κ1) is 19.8. The number of rotatable bonds is 6. The number of amides is 2. The maximum atomic E-state index is 12.4. The number of nitrogens with one attached hydrogen (secondary N) is 2. The van der Waals surface area contributed by atoms with E-state index in [1.165, 1.54) is 7.05 Å². The minimum absolute atomic E-state index is 0.211. The molecule has 3 N–H and O–H groups in total. The molecule has 0 aliphatic carbocycles. The summed E-state index contributed by atoms with van der Waals surface area (Å²) in [5, 5.41) is 18.2. The van der Waals surface area contributed by atoms with E-state index >= 15 is 0 Å². The van der Waals surface area contributed by atoms with E-state index in [1.807, 2.05) is 42.5 Å². The molecule has 3 aromatic rings. The first-order chi connectivity index (χ1) is 14.0. The van der Waals surface area contributed by atoms with Crippen molar-refractivity contribution in [1.29, 1.82) is 0 Å². The zero-order chi connectivity index (χ0) is 20.6. The van der Waals surface area contributed by atoms with Gasteiger partial charge in [0.25, 0.3) is 5.91 Å². The van der Waals surface area contributed by atoms with Crippen molar-refractivity contribution in [2.45, 2.75) is 13.1 Å². The highest BCUT2D eigenvalue weighted by Crippen LogP contribution is 2.07. The predicted octanol–water partition coefficient (Wildman–Crippen LogP) is 2.51. The Morgan fingerprint density at radius 1 is 1.03 bits per heavy atom. The largest absolute Gasteiger partial charge is 0.465 e. The van der Waals surface area contributed by atoms with Crippen molar-refractivity contribution in [3.8, 4) is 0 Å². The number of benzene rings is 2. The monoisotopic (exact) mass is 391 g/mol. The Bertz CT molecular complexity index is 1010. The van der Waals surface area contributed by atoms with Crippen molar-refractivity contribution in [2.75, 3.05) is 7.05 Å². The van der Waals surface area contributed by atoms with Gasteiger partial charge in [-0.3, -0.25) is 19.8 Å². The van der Waals surface area contributed by atoms with Crippen molar-refractivity contribution >= 4 is 17.8 Å². The number of amidine groups is 1. The molecule has 0 atom stereocenters. The Labute approximate surface area is 167 Å². The van der Waals surface area contributed by atoms with E-state index < -0.39 is 6.09 Å². The van der Waals surface area contributed by atoms with Gasteiger partial charge in [0.15, 0.2) is 0 Å². The van der Waals surface area contributed by atoms with E-state index in [0.29, 0.717) is 24.2 Å². The molecule has 0 bridgehead atoms. The third-order valence-electron chi connectivity index (χ3n) is 4.21. The minimum Gasteiger partial charge on any atom is -0.465 e. The Kier molecular flexibility index (Phi) is 6.36. The molecule has 0 spiro atoms. The van der Waals surface area contributed by atoms with Crippen LogP contribution in [0.1, 0.15) is 27.0 Å². The van der Waals surface area contributed by atoms with Gasteiger partial charge in [-0.15, -0.1) is 0 Å². The van der Waals surface area contributed by atoms with Gasteiger partial charge in [0.05, 0.1) is 18.3 Å². The van der Waals surface area contributed by atoms with Crippen LogP contribution in [0.15, 0.2) is 72.0 Å². The molecular weight excluding hydrogens is 370 g/mol. The molecule has 3 rings (SSSR count). The first-order valence-corrected chi connectivity index (χ1v) is 8.96. The highest BCUT2D eigenvalue weighted by molar-refractivity contribution is 6.06. The summed E-state index contributed by atoms with van der Waals surface area (Å²) < 4.78 is 1.72. The molecule has 148 valence electrons. The number of nitrogens with zero attached hydrogens (tertiary/aromatic N) is 3. The molecule has 0 aliphatic rings. The van der Waals surface area contributed by atoms with Crippen molar-refractivity contribution < 1.29 is 14.7 Å². The van der Waals surface area contributed by atoms with Gasteiger partial charge in [0.1, 0.15) is 5.84 Å². The number of hydrogen-bond acceptors (Lipinski definition) is 4. The number of carbonyl (C=O) groups is 2. The number of aromatic nitrogens is 2. The number of carbonyl (C=O) groups excluding carboxylic acids is 1. The van der Waals surface area contributed by atoms with Gasteiger partial charge < -0.3 is 10.4 Å². The van der Waals surface area contributed by atoms with E-state index in [-0.39, 0.29) is 11.7 Å². The molecule has 0 radical (unpaired) electrons. The second kappa shape index (κ2) is 9.32. The fourth-order valence-corrected chi connectivity index (χ4v) is 2.76. The average Bonchev–Trinajstić information content (AvgIpc) is 3.20.